The molecular weight excluding hydrogens is 234 g/mol. The summed E-state index contributed by atoms with van der Waals surface area (Å²) in [6, 6.07) is 0. The molecule has 1 unspecified atom stereocenters. The van der Waals surface area contributed by atoms with E-state index in [1.807, 2.05) is 0 Å². The smallest absolute Gasteiger partial charge is 0.147 e. The zero-order valence-electron chi connectivity index (χ0n) is 10.8. The molecule has 2 heterocycles. The maximum absolute atomic E-state index is 5.72. The van der Waals surface area contributed by atoms with Crippen LogP contribution in [0.25, 0.3) is 0 Å². The Balaban J connectivity index is 1.92. The molecule has 1 atom stereocenters. The Bertz CT molecular complexity index is 369. The van der Waals surface area contributed by atoms with E-state index in [4.69, 9.17) is 11.6 Å². The van der Waals surface area contributed by atoms with Gasteiger partial charge in [0.1, 0.15) is 5.15 Å². The zero-order valence-corrected chi connectivity index (χ0v) is 11.5. The van der Waals surface area contributed by atoms with Crippen molar-refractivity contribution in [1.29, 1.82) is 0 Å². The largest absolute Gasteiger partial charge is 0.297 e. The van der Waals surface area contributed by atoms with Crippen LogP contribution in [0.2, 0.25) is 5.15 Å². The van der Waals surface area contributed by atoms with Crippen LogP contribution in [0.1, 0.15) is 32.9 Å². The first-order valence-corrected chi connectivity index (χ1v) is 6.52. The molecule has 17 heavy (non-hydrogen) atoms. The first-order valence-electron chi connectivity index (χ1n) is 6.14. The van der Waals surface area contributed by atoms with Crippen molar-refractivity contribution in [3.8, 4) is 0 Å². The third-order valence-corrected chi connectivity index (χ3v) is 3.75. The minimum Gasteiger partial charge on any atom is -0.297 e. The van der Waals surface area contributed by atoms with E-state index in [9.17, 15) is 0 Å². The quantitative estimate of drug-likeness (QED) is 0.811. The summed E-state index contributed by atoms with van der Waals surface area (Å²) in [6.45, 7) is 10.2. The highest BCUT2D eigenvalue weighted by Gasteiger charge is 2.31. The van der Waals surface area contributed by atoms with Gasteiger partial charge in [-0.05, 0) is 24.3 Å². The van der Waals surface area contributed by atoms with Crippen molar-refractivity contribution in [3.63, 3.8) is 0 Å². The highest BCUT2D eigenvalue weighted by atomic mass is 35.5. The summed E-state index contributed by atoms with van der Waals surface area (Å²) in [7, 11) is 0. The van der Waals surface area contributed by atoms with E-state index < -0.39 is 0 Å². The molecule has 1 aromatic rings. The first kappa shape index (κ1) is 12.8. The minimum atomic E-state index is 0.403. The van der Waals surface area contributed by atoms with Crippen LogP contribution in [0.4, 0.5) is 0 Å². The van der Waals surface area contributed by atoms with Gasteiger partial charge in [0, 0.05) is 13.1 Å². The van der Waals surface area contributed by atoms with E-state index in [1.165, 1.54) is 6.42 Å². The van der Waals surface area contributed by atoms with Crippen LogP contribution in [0, 0.1) is 11.3 Å². The van der Waals surface area contributed by atoms with Crippen molar-refractivity contribution in [2.45, 2.75) is 33.7 Å². The summed E-state index contributed by atoms with van der Waals surface area (Å²) in [6.07, 6.45) is 4.67. The summed E-state index contributed by atoms with van der Waals surface area (Å²) >= 11 is 5.72. The number of rotatable bonds is 2. The maximum Gasteiger partial charge on any atom is 0.147 e. The highest BCUT2D eigenvalue weighted by molar-refractivity contribution is 6.29. The van der Waals surface area contributed by atoms with Crippen LogP contribution in [0.5, 0.6) is 0 Å². The van der Waals surface area contributed by atoms with Crippen LogP contribution >= 0.6 is 11.6 Å². The number of aromatic nitrogens is 2. The summed E-state index contributed by atoms with van der Waals surface area (Å²) in [5, 5.41) is 0.461. The average molecular weight is 254 g/mol. The van der Waals surface area contributed by atoms with Gasteiger partial charge in [-0.1, -0.05) is 32.4 Å². The van der Waals surface area contributed by atoms with Crippen molar-refractivity contribution < 1.29 is 0 Å². The molecule has 94 valence electrons. The number of halogens is 1. The molecule has 0 spiro atoms. The Morgan fingerprint density at radius 1 is 1.35 bits per heavy atom. The van der Waals surface area contributed by atoms with Crippen molar-refractivity contribution in [2.24, 2.45) is 11.3 Å². The maximum atomic E-state index is 5.72. The standard InChI is InChI=1S/C13H20ClN3/c1-13(2,3)10-4-5-17(8-10)9-11-6-16-12(14)7-15-11/h6-7,10H,4-5,8-9H2,1-3H3. The van der Waals surface area contributed by atoms with Gasteiger partial charge >= 0.3 is 0 Å². The lowest BCUT2D eigenvalue weighted by Crippen LogP contribution is -2.26. The lowest BCUT2D eigenvalue weighted by atomic mass is 9.80. The zero-order chi connectivity index (χ0) is 12.5. The van der Waals surface area contributed by atoms with Crippen molar-refractivity contribution >= 4 is 11.6 Å². The lowest BCUT2D eigenvalue weighted by molar-refractivity contribution is 0.225. The number of likely N-dealkylation sites (tertiary alicyclic amines) is 1. The van der Waals surface area contributed by atoms with Crippen molar-refractivity contribution in [1.82, 2.24) is 14.9 Å². The van der Waals surface area contributed by atoms with Crippen LogP contribution in [0.3, 0.4) is 0 Å². The monoisotopic (exact) mass is 253 g/mol. The van der Waals surface area contributed by atoms with E-state index >= 15 is 0 Å². The molecule has 2 rings (SSSR count). The number of hydrogen-bond donors (Lipinski definition) is 0. The molecule has 1 fully saturated rings. The van der Waals surface area contributed by atoms with E-state index in [0.29, 0.717) is 10.6 Å². The topological polar surface area (TPSA) is 29.0 Å². The van der Waals surface area contributed by atoms with E-state index in [1.54, 1.807) is 12.4 Å². The Morgan fingerprint density at radius 2 is 2.12 bits per heavy atom. The third-order valence-electron chi connectivity index (χ3n) is 3.56. The summed E-state index contributed by atoms with van der Waals surface area (Å²) < 4.78 is 0. The van der Waals surface area contributed by atoms with Gasteiger partial charge in [-0.25, -0.2) is 4.98 Å². The lowest BCUT2D eigenvalue weighted by Gasteiger charge is -2.27. The van der Waals surface area contributed by atoms with Gasteiger partial charge in [-0.15, -0.1) is 0 Å². The molecule has 1 aliphatic heterocycles. The fourth-order valence-corrected chi connectivity index (χ4v) is 2.43. The van der Waals surface area contributed by atoms with Crippen LogP contribution in [0.15, 0.2) is 12.4 Å². The molecule has 1 aliphatic rings. The second kappa shape index (κ2) is 4.91. The van der Waals surface area contributed by atoms with E-state index in [2.05, 4.69) is 35.6 Å². The van der Waals surface area contributed by atoms with Crippen LogP contribution in [-0.4, -0.2) is 28.0 Å². The molecule has 0 aliphatic carbocycles. The highest BCUT2D eigenvalue weighted by Crippen LogP contribution is 2.33. The van der Waals surface area contributed by atoms with Crippen molar-refractivity contribution in [3.05, 3.63) is 23.2 Å². The molecule has 4 heteroatoms. The predicted molar refractivity (Wildman–Crippen MR) is 69.9 cm³/mol. The van der Waals surface area contributed by atoms with E-state index in [-0.39, 0.29) is 0 Å². The Labute approximate surface area is 108 Å². The molecule has 0 bridgehead atoms. The molecule has 0 amide bonds. The van der Waals surface area contributed by atoms with Gasteiger partial charge in [0.2, 0.25) is 0 Å². The SMILES string of the molecule is CC(C)(C)C1CCN(Cc2cnc(Cl)cn2)C1. The van der Waals surface area contributed by atoms with Gasteiger partial charge in [0.25, 0.3) is 0 Å². The molecule has 0 radical (unpaired) electrons. The molecule has 0 N–H and O–H groups in total. The summed E-state index contributed by atoms with van der Waals surface area (Å²) in [4.78, 5) is 10.8. The summed E-state index contributed by atoms with van der Waals surface area (Å²) in [5.41, 5.74) is 1.41. The predicted octanol–water partition coefficient (Wildman–Crippen LogP) is 3.00. The molecule has 3 nitrogen and oxygen atoms in total. The van der Waals surface area contributed by atoms with Crippen LogP contribution < -0.4 is 0 Å². The average Bonchev–Trinajstić information content (AvgIpc) is 2.69. The second-order valence-electron chi connectivity index (χ2n) is 5.92. The summed E-state index contributed by atoms with van der Waals surface area (Å²) in [5.74, 6) is 0.780. The van der Waals surface area contributed by atoms with Crippen molar-refractivity contribution in [2.75, 3.05) is 13.1 Å². The molecule has 1 aromatic heterocycles. The van der Waals surface area contributed by atoms with Gasteiger partial charge < -0.3 is 0 Å². The van der Waals surface area contributed by atoms with E-state index in [0.717, 1.165) is 31.2 Å². The van der Waals surface area contributed by atoms with Gasteiger partial charge in [-0.3, -0.25) is 9.88 Å². The Morgan fingerprint density at radius 3 is 2.65 bits per heavy atom. The minimum absolute atomic E-state index is 0.403. The van der Waals surface area contributed by atoms with Gasteiger partial charge in [0.05, 0.1) is 18.1 Å². The fraction of sp³-hybridized carbons (Fsp3) is 0.692. The van der Waals surface area contributed by atoms with Gasteiger partial charge in [0.15, 0.2) is 0 Å². The number of nitrogens with zero attached hydrogens (tertiary/aromatic N) is 3. The second-order valence-corrected chi connectivity index (χ2v) is 6.30. The Kier molecular flexibility index (Phi) is 3.69. The number of hydrogen-bond acceptors (Lipinski definition) is 3. The van der Waals surface area contributed by atoms with Crippen LogP contribution in [-0.2, 0) is 6.54 Å². The molecule has 0 aromatic carbocycles. The Hall–Kier alpha value is -0.670. The first-order chi connectivity index (χ1) is 7.95. The third kappa shape index (κ3) is 3.39. The normalized spacial score (nSPS) is 22.0. The molecule has 0 saturated carbocycles. The molecule has 1 saturated heterocycles. The molecular formula is C13H20ClN3. The van der Waals surface area contributed by atoms with Gasteiger partial charge in [-0.2, -0.15) is 0 Å². The fourth-order valence-electron chi connectivity index (χ4n) is 2.33.